The van der Waals surface area contributed by atoms with Crippen LogP contribution < -0.4 is 10.4 Å². The van der Waals surface area contributed by atoms with Crippen LogP contribution in [0.5, 0.6) is 5.75 Å². The number of hydrogen-bond acceptors (Lipinski definition) is 5. The molecular weight excluding hydrogens is 326 g/mol. The SMILES string of the molecule is CCCn1c(SCC(=O)c2ccc(OC)c(Cl)c2)n[nH]c1=O. The average Bonchev–Trinajstić information content (AvgIpc) is 2.86. The van der Waals surface area contributed by atoms with E-state index in [9.17, 15) is 9.59 Å². The van der Waals surface area contributed by atoms with E-state index in [1.165, 1.54) is 23.4 Å². The molecule has 0 fully saturated rings. The van der Waals surface area contributed by atoms with E-state index in [1.807, 2.05) is 6.92 Å². The number of carbonyl (C=O) groups is 1. The minimum Gasteiger partial charge on any atom is -0.495 e. The third kappa shape index (κ3) is 3.72. The van der Waals surface area contributed by atoms with E-state index in [0.717, 1.165) is 6.42 Å². The Morgan fingerprint density at radius 2 is 2.27 bits per heavy atom. The lowest BCUT2D eigenvalue weighted by Gasteiger charge is -2.06. The van der Waals surface area contributed by atoms with Gasteiger partial charge in [0.1, 0.15) is 5.75 Å². The lowest BCUT2D eigenvalue weighted by atomic mass is 10.1. The van der Waals surface area contributed by atoms with Gasteiger partial charge in [-0.25, -0.2) is 9.89 Å². The topological polar surface area (TPSA) is 77.0 Å². The molecule has 0 aliphatic rings. The first-order valence-corrected chi connectivity index (χ1v) is 8.08. The molecule has 1 N–H and O–H groups in total. The number of Topliss-reactive ketones (excluding diaryl/α,β-unsaturated/α-hetero) is 1. The van der Waals surface area contributed by atoms with Gasteiger partial charge in [-0.05, 0) is 24.6 Å². The molecule has 0 bridgehead atoms. The van der Waals surface area contributed by atoms with Crippen molar-refractivity contribution in [2.24, 2.45) is 0 Å². The van der Waals surface area contributed by atoms with Gasteiger partial charge in [0.25, 0.3) is 0 Å². The summed E-state index contributed by atoms with van der Waals surface area (Å²) in [6.45, 7) is 2.54. The number of nitrogens with zero attached hydrogens (tertiary/aromatic N) is 2. The molecule has 0 radical (unpaired) electrons. The average molecular weight is 342 g/mol. The normalized spacial score (nSPS) is 10.7. The number of aromatic nitrogens is 3. The molecule has 0 saturated carbocycles. The number of aromatic amines is 1. The summed E-state index contributed by atoms with van der Waals surface area (Å²) in [4.78, 5) is 23.8. The number of rotatable bonds is 7. The fraction of sp³-hybridized carbons (Fsp3) is 0.357. The van der Waals surface area contributed by atoms with Gasteiger partial charge in [-0.15, -0.1) is 5.10 Å². The second-order valence-electron chi connectivity index (χ2n) is 4.52. The molecule has 0 spiro atoms. The molecule has 0 aliphatic carbocycles. The van der Waals surface area contributed by atoms with Crippen LogP contribution in [-0.4, -0.2) is 33.4 Å². The van der Waals surface area contributed by atoms with Crippen molar-refractivity contribution in [1.82, 2.24) is 14.8 Å². The molecule has 1 aromatic heterocycles. The summed E-state index contributed by atoms with van der Waals surface area (Å²) in [5.41, 5.74) is 0.238. The summed E-state index contributed by atoms with van der Waals surface area (Å²) < 4.78 is 6.58. The molecule has 22 heavy (non-hydrogen) atoms. The molecule has 1 heterocycles. The van der Waals surface area contributed by atoms with Crippen LogP contribution in [0.4, 0.5) is 0 Å². The van der Waals surface area contributed by atoms with Crippen molar-refractivity contribution in [3.05, 3.63) is 39.3 Å². The maximum absolute atomic E-state index is 12.2. The number of benzene rings is 1. The van der Waals surface area contributed by atoms with Gasteiger partial charge in [0.2, 0.25) is 0 Å². The van der Waals surface area contributed by atoms with Crippen LogP contribution in [-0.2, 0) is 6.54 Å². The van der Waals surface area contributed by atoms with E-state index in [0.29, 0.717) is 28.0 Å². The number of nitrogens with one attached hydrogen (secondary N) is 1. The predicted octanol–water partition coefficient (Wildman–Crippen LogP) is 2.62. The fourth-order valence-electron chi connectivity index (χ4n) is 1.89. The van der Waals surface area contributed by atoms with Crippen LogP contribution in [0, 0.1) is 0 Å². The highest BCUT2D eigenvalue weighted by molar-refractivity contribution is 7.99. The summed E-state index contributed by atoms with van der Waals surface area (Å²) in [5.74, 6) is 0.611. The minimum atomic E-state index is -0.260. The van der Waals surface area contributed by atoms with Crippen molar-refractivity contribution in [1.29, 1.82) is 0 Å². The minimum absolute atomic E-state index is 0.0898. The van der Waals surface area contributed by atoms with E-state index in [4.69, 9.17) is 16.3 Å². The van der Waals surface area contributed by atoms with E-state index < -0.39 is 0 Å². The quantitative estimate of drug-likeness (QED) is 0.618. The largest absolute Gasteiger partial charge is 0.495 e. The van der Waals surface area contributed by atoms with Crippen molar-refractivity contribution < 1.29 is 9.53 Å². The summed E-state index contributed by atoms with van der Waals surface area (Å²) in [6, 6.07) is 4.89. The molecule has 0 amide bonds. The van der Waals surface area contributed by atoms with Crippen LogP contribution in [0.25, 0.3) is 0 Å². The molecular formula is C14H16ClN3O3S. The summed E-state index contributed by atoms with van der Waals surface area (Å²) in [7, 11) is 1.52. The zero-order valence-electron chi connectivity index (χ0n) is 12.3. The van der Waals surface area contributed by atoms with Gasteiger partial charge in [-0.3, -0.25) is 9.36 Å². The predicted molar refractivity (Wildman–Crippen MR) is 86.2 cm³/mol. The smallest absolute Gasteiger partial charge is 0.343 e. The summed E-state index contributed by atoms with van der Waals surface area (Å²) >= 11 is 7.24. The van der Waals surface area contributed by atoms with Gasteiger partial charge < -0.3 is 4.74 Å². The van der Waals surface area contributed by atoms with Gasteiger partial charge in [0, 0.05) is 12.1 Å². The lowest BCUT2D eigenvalue weighted by molar-refractivity contribution is 0.102. The standard InChI is InChI=1S/C14H16ClN3O3S/c1-3-6-18-13(20)16-17-14(18)22-8-11(19)9-4-5-12(21-2)10(15)7-9/h4-5,7H,3,6,8H2,1-2H3,(H,16,20). The number of H-pyrrole nitrogens is 1. The van der Waals surface area contributed by atoms with Crippen molar-refractivity contribution in [2.45, 2.75) is 25.0 Å². The fourth-order valence-corrected chi connectivity index (χ4v) is 3.01. The van der Waals surface area contributed by atoms with Gasteiger partial charge in [0.15, 0.2) is 10.9 Å². The van der Waals surface area contributed by atoms with E-state index in [1.54, 1.807) is 18.2 Å². The van der Waals surface area contributed by atoms with Gasteiger partial charge in [0.05, 0.1) is 17.9 Å². The van der Waals surface area contributed by atoms with Crippen LogP contribution >= 0.6 is 23.4 Å². The lowest BCUT2D eigenvalue weighted by Crippen LogP contribution is -2.17. The molecule has 0 saturated heterocycles. The highest BCUT2D eigenvalue weighted by Gasteiger charge is 2.13. The Hall–Kier alpha value is -1.73. The zero-order chi connectivity index (χ0) is 16.1. The molecule has 0 atom stereocenters. The summed E-state index contributed by atoms with van der Waals surface area (Å²) in [6.07, 6.45) is 0.815. The zero-order valence-corrected chi connectivity index (χ0v) is 13.8. The molecule has 0 unspecified atom stereocenters. The van der Waals surface area contributed by atoms with Gasteiger partial charge in [-0.1, -0.05) is 30.3 Å². The summed E-state index contributed by atoms with van der Waals surface area (Å²) in [5, 5.41) is 7.24. The van der Waals surface area contributed by atoms with E-state index in [2.05, 4.69) is 10.2 Å². The first kappa shape index (κ1) is 16.6. The molecule has 118 valence electrons. The van der Waals surface area contributed by atoms with E-state index >= 15 is 0 Å². The molecule has 1 aromatic carbocycles. The Labute approximate surface area is 136 Å². The second kappa shape index (κ2) is 7.51. The molecule has 0 aliphatic heterocycles. The third-order valence-electron chi connectivity index (χ3n) is 2.98. The first-order valence-electron chi connectivity index (χ1n) is 6.71. The van der Waals surface area contributed by atoms with Gasteiger partial charge in [-0.2, -0.15) is 0 Å². The number of ketones is 1. The molecule has 6 nitrogen and oxygen atoms in total. The Kier molecular flexibility index (Phi) is 5.68. The third-order valence-corrected chi connectivity index (χ3v) is 4.25. The van der Waals surface area contributed by atoms with Crippen molar-refractivity contribution in [3.8, 4) is 5.75 Å². The van der Waals surface area contributed by atoms with Crippen molar-refractivity contribution in [2.75, 3.05) is 12.9 Å². The second-order valence-corrected chi connectivity index (χ2v) is 5.87. The number of halogens is 1. The van der Waals surface area contributed by atoms with Gasteiger partial charge >= 0.3 is 5.69 Å². The Bertz CT molecular complexity index is 726. The Morgan fingerprint density at radius 1 is 1.50 bits per heavy atom. The number of ether oxygens (including phenoxy) is 1. The number of carbonyl (C=O) groups excluding carboxylic acids is 1. The highest BCUT2D eigenvalue weighted by Crippen LogP contribution is 2.26. The Morgan fingerprint density at radius 3 is 2.91 bits per heavy atom. The number of methoxy groups -OCH3 is 1. The van der Waals surface area contributed by atoms with Crippen LogP contribution in [0.1, 0.15) is 23.7 Å². The van der Waals surface area contributed by atoms with Crippen LogP contribution in [0.15, 0.2) is 28.2 Å². The van der Waals surface area contributed by atoms with E-state index in [-0.39, 0.29) is 17.2 Å². The first-order chi connectivity index (χ1) is 10.6. The van der Waals surface area contributed by atoms with Crippen LogP contribution in [0.2, 0.25) is 5.02 Å². The maximum Gasteiger partial charge on any atom is 0.343 e. The maximum atomic E-state index is 12.2. The molecule has 2 rings (SSSR count). The van der Waals surface area contributed by atoms with Crippen molar-refractivity contribution >= 4 is 29.1 Å². The number of thioether (sulfide) groups is 1. The highest BCUT2D eigenvalue weighted by atomic mass is 35.5. The monoisotopic (exact) mass is 341 g/mol. The Balaban J connectivity index is 2.07. The number of hydrogen-bond donors (Lipinski definition) is 1. The molecule has 2 aromatic rings. The van der Waals surface area contributed by atoms with Crippen molar-refractivity contribution in [3.63, 3.8) is 0 Å². The molecule has 8 heteroatoms. The van der Waals surface area contributed by atoms with Crippen LogP contribution in [0.3, 0.4) is 0 Å².